The molecule has 3 rings (SSSR count). The van der Waals surface area contributed by atoms with Crippen molar-refractivity contribution in [3.8, 4) is 0 Å². The third-order valence-corrected chi connectivity index (χ3v) is 7.09. The number of nitrogens with two attached hydrogens (primary N) is 1. The number of hydrogen-bond donors (Lipinski definition) is 1. The van der Waals surface area contributed by atoms with Crippen molar-refractivity contribution in [3.63, 3.8) is 0 Å². The summed E-state index contributed by atoms with van der Waals surface area (Å²) in [6, 6.07) is 21.2. The predicted molar refractivity (Wildman–Crippen MR) is 119 cm³/mol. The molecular weight excluding hydrogens is 420 g/mol. The van der Waals surface area contributed by atoms with E-state index in [4.69, 9.17) is 17.3 Å². The molecule has 0 unspecified atom stereocenters. The van der Waals surface area contributed by atoms with Gasteiger partial charge in [-0.2, -0.15) is 4.31 Å². The molecule has 0 saturated heterocycles. The standard InChI is InChI=1S/C23H23ClN2O3S/c1-17-7-5-6-8-18(17)15-16-26(22(23(25)27)19-9-3-2-4-10-19)30(28,29)21-13-11-20(24)12-14-21/h2-14,22H,15-16H2,1H3,(H2,25,27)/t22-/m1/s1. The number of sulfonamides is 1. The topological polar surface area (TPSA) is 80.5 Å². The molecule has 0 heterocycles. The van der Waals surface area contributed by atoms with Gasteiger partial charge in [-0.05, 0) is 54.3 Å². The monoisotopic (exact) mass is 442 g/mol. The van der Waals surface area contributed by atoms with Crippen LogP contribution in [-0.4, -0.2) is 25.2 Å². The lowest BCUT2D eigenvalue weighted by Gasteiger charge is -2.29. The number of rotatable bonds is 8. The Morgan fingerprint density at radius 2 is 1.57 bits per heavy atom. The molecule has 0 aromatic heterocycles. The fraction of sp³-hybridized carbons (Fsp3) is 0.174. The lowest BCUT2D eigenvalue weighted by molar-refractivity contribution is -0.121. The summed E-state index contributed by atoms with van der Waals surface area (Å²) < 4.78 is 28.3. The largest absolute Gasteiger partial charge is 0.368 e. The number of amides is 1. The summed E-state index contributed by atoms with van der Waals surface area (Å²) >= 11 is 5.93. The van der Waals surface area contributed by atoms with Crippen molar-refractivity contribution in [2.45, 2.75) is 24.3 Å². The summed E-state index contributed by atoms with van der Waals surface area (Å²) in [5.74, 6) is -0.733. The van der Waals surface area contributed by atoms with E-state index in [1.165, 1.54) is 28.6 Å². The van der Waals surface area contributed by atoms with Crippen LogP contribution in [0.2, 0.25) is 5.02 Å². The molecule has 0 aliphatic heterocycles. The number of carbonyl (C=O) groups excluding carboxylic acids is 1. The Morgan fingerprint density at radius 1 is 0.967 bits per heavy atom. The molecule has 0 fully saturated rings. The summed E-state index contributed by atoms with van der Waals surface area (Å²) in [6.45, 7) is 2.06. The molecule has 0 radical (unpaired) electrons. The Hall–Kier alpha value is -2.67. The highest BCUT2D eigenvalue weighted by atomic mass is 35.5. The van der Waals surface area contributed by atoms with E-state index in [9.17, 15) is 13.2 Å². The molecule has 7 heteroatoms. The maximum atomic E-state index is 13.5. The normalized spacial score (nSPS) is 12.6. The first-order valence-corrected chi connectivity index (χ1v) is 11.3. The van der Waals surface area contributed by atoms with Gasteiger partial charge >= 0.3 is 0 Å². The third-order valence-electron chi connectivity index (χ3n) is 4.96. The SMILES string of the molecule is Cc1ccccc1CCN([C@@H](C(N)=O)c1ccccc1)S(=O)(=O)c1ccc(Cl)cc1. The van der Waals surface area contributed by atoms with E-state index in [2.05, 4.69) is 0 Å². The van der Waals surface area contributed by atoms with E-state index in [0.29, 0.717) is 17.0 Å². The molecule has 1 amide bonds. The van der Waals surface area contributed by atoms with Crippen LogP contribution in [0.25, 0.3) is 0 Å². The number of carbonyl (C=O) groups is 1. The van der Waals surface area contributed by atoms with Crippen molar-refractivity contribution in [2.24, 2.45) is 5.73 Å². The highest BCUT2D eigenvalue weighted by molar-refractivity contribution is 7.89. The van der Waals surface area contributed by atoms with E-state index in [-0.39, 0.29) is 11.4 Å². The Balaban J connectivity index is 2.06. The maximum Gasteiger partial charge on any atom is 0.244 e. The van der Waals surface area contributed by atoms with Crippen LogP contribution in [0.4, 0.5) is 0 Å². The molecular formula is C23H23ClN2O3S. The van der Waals surface area contributed by atoms with Gasteiger partial charge < -0.3 is 5.73 Å². The van der Waals surface area contributed by atoms with E-state index in [1.807, 2.05) is 31.2 Å². The minimum atomic E-state index is -4.02. The third kappa shape index (κ3) is 4.90. The summed E-state index contributed by atoms with van der Waals surface area (Å²) in [5.41, 5.74) is 8.28. The lowest BCUT2D eigenvalue weighted by Crippen LogP contribution is -2.42. The summed E-state index contributed by atoms with van der Waals surface area (Å²) in [5, 5.41) is 0.426. The van der Waals surface area contributed by atoms with E-state index < -0.39 is 22.0 Å². The van der Waals surface area contributed by atoms with Crippen molar-refractivity contribution in [2.75, 3.05) is 6.54 Å². The van der Waals surface area contributed by atoms with Crippen molar-refractivity contribution >= 4 is 27.5 Å². The van der Waals surface area contributed by atoms with Gasteiger partial charge in [0, 0.05) is 11.6 Å². The van der Waals surface area contributed by atoms with E-state index in [1.54, 1.807) is 30.3 Å². The summed E-state index contributed by atoms with van der Waals surface area (Å²) in [7, 11) is -4.02. The number of hydrogen-bond acceptors (Lipinski definition) is 3. The number of benzene rings is 3. The fourth-order valence-electron chi connectivity index (χ4n) is 3.36. The van der Waals surface area contributed by atoms with E-state index >= 15 is 0 Å². The van der Waals surface area contributed by atoms with Crippen LogP contribution in [-0.2, 0) is 21.2 Å². The second-order valence-corrected chi connectivity index (χ2v) is 9.29. The number of primary amides is 1. The van der Waals surface area contributed by atoms with Crippen LogP contribution < -0.4 is 5.73 Å². The zero-order valence-electron chi connectivity index (χ0n) is 16.5. The van der Waals surface area contributed by atoms with Gasteiger partial charge in [0.05, 0.1) is 4.90 Å². The van der Waals surface area contributed by atoms with Gasteiger partial charge in [-0.25, -0.2) is 8.42 Å². The Kier molecular flexibility index (Phi) is 6.92. The molecule has 3 aromatic carbocycles. The second kappa shape index (κ2) is 9.43. The van der Waals surface area contributed by atoms with Gasteiger partial charge in [-0.15, -0.1) is 0 Å². The number of aryl methyl sites for hydroxylation is 1. The minimum Gasteiger partial charge on any atom is -0.368 e. The number of nitrogens with zero attached hydrogens (tertiary/aromatic N) is 1. The first-order chi connectivity index (χ1) is 14.3. The first kappa shape index (κ1) is 22.0. The van der Waals surface area contributed by atoms with Gasteiger partial charge in [-0.3, -0.25) is 4.79 Å². The quantitative estimate of drug-likeness (QED) is 0.570. The van der Waals surface area contributed by atoms with E-state index in [0.717, 1.165) is 11.1 Å². The Morgan fingerprint density at radius 3 is 2.17 bits per heavy atom. The summed E-state index contributed by atoms with van der Waals surface area (Å²) in [6.07, 6.45) is 0.441. The molecule has 2 N–H and O–H groups in total. The van der Waals surface area contributed by atoms with Gasteiger partial charge in [0.25, 0.3) is 0 Å². The maximum absolute atomic E-state index is 13.5. The molecule has 156 valence electrons. The van der Waals surface area contributed by atoms with Gasteiger partial charge in [-0.1, -0.05) is 66.2 Å². The highest BCUT2D eigenvalue weighted by Crippen LogP contribution is 2.29. The molecule has 0 aliphatic carbocycles. The van der Waals surface area contributed by atoms with Crippen LogP contribution in [0.5, 0.6) is 0 Å². The van der Waals surface area contributed by atoms with Crippen LogP contribution in [0.15, 0.2) is 83.8 Å². The zero-order valence-corrected chi connectivity index (χ0v) is 18.1. The smallest absolute Gasteiger partial charge is 0.244 e. The average Bonchev–Trinajstić information content (AvgIpc) is 2.72. The van der Waals surface area contributed by atoms with Crippen molar-refractivity contribution in [1.82, 2.24) is 4.31 Å². The Labute approximate surface area is 182 Å². The van der Waals surface area contributed by atoms with Crippen LogP contribution in [0.1, 0.15) is 22.7 Å². The molecule has 1 atom stereocenters. The van der Waals surface area contributed by atoms with Crippen LogP contribution >= 0.6 is 11.6 Å². The molecule has 0 aliphatic rings. The van der Waals surface area contributed by atoms with Crippen molar-refractivity contribution in [1.29, 1.82) is 0 Å². The second-order valence-electron chi connectivity index (χ2n) is 6.96. The molecule has 3 aromatic rings. The van der Waals surface area contributed by atoms with Crippen LogP contribution in [0.3, 0.4) is 0 Å². The van der Waals surface area contributed by atoms with Crippen LogP contribution in [0, 0.1) is 6.92 Å². The predicted octanol–water partition coefficient (Wildman–Crippen LogP) is 4.11. The molecule has 0 saturated carbocycles. The molecule has 30 heavy (non-hydrogen) atoms. The van der Waals surface area contributed by atoms with Crippen molar-refractivity contribution in [3.05, 3.63) is 101 Å². The van der Waals surface area contributed by atoms with Crippen molar-refractivity contribution < 1.29 is 13.2 Å². The summed E-state index contributed by atoms with van der Waals surface area (Å²) in [4.78, 5) is 12.5. The lowest BCUT2D eigenvalue weighted by atomic mass is 10.0. The minimum absolute atomic E-state index is 0.0545. The molecule has 0 bridgehead atoms. The van der Waals surface area contributed by atoms with Gasteiger partial charge in [0.1, 0.15) is 6.04 Å². The first-order valence-electron chi connectivity index (χ1n) is 9.47. The molecule has 5 nitrogen and oxygen atoms in total. The fourth-order valence-corrected chi connectivity index (χ4v) is 5.07. The van der Waals surface area contributed by atoms with Gasteiger partial charge in [0.2, 0.25) is 15.9 Å². The zero-order chi connectivity index (χ0) is 21.7. The number of halogens is 1. The Bertz CT molecular complexity index is 1120. The average molecular weight is 443 g/mol. The van der Waals surface area contributed by atoms with Gasteiger partial charge in [0.15, 0.2) is 0 Å². The molecule has 0 spiro atoms. The highest BCUT2D eigenvalue weighted by Gasteiger charge is 2.35.